The number of carbonyl (C=O) groups excluding carboxylic acids is 1. The summed E-state index contributed by atoms with van der Waals surface area (Å²) in [5, 5.41) is 9.32. The zero-order valence-electron chi connectivity index (χ0n) is 12.6. The third-order valence-electron chi connectivity index (χ3n) is 4.24. The van der Waals surface area contributed by atoms with Crippen molar-refractivity contribution in [3.63, 3.8) is 0 Å². The van der Waals surface area contributed by atoms with E-state index in [-0.39, 0.29) is 12.1 Å². The van der Waals surface area contributed by atoms with E-state index in [1.54, 1.807) is 6.07 Å². The van der Waals surface area contributed by atoms with Crippen LogP contribution in [0.15, 0.2) is 54.6 Å². The van der Waals surface area contributed by atoms with Gasteiger partial charge in [-0.3, -0.25) is 4.79 Å². The fourth-order valence-corrected chi connectivity index (χ4v) is 3.43. The van der Waals surface area contributed by atoms with Gasteiger partial charge in [-0.05, 0) is 35.4 Å². The molecule has 0 aromatic heterocycles. The number of hydrogen-bond acceptors (Lipinski definition) is 2. The molecule has 114 valence electrons. The van der Waals surface area contributed by atoms with Crippen molar-refractivity contribution in [2.45, 2.75) is 13.1 Å². The number of benzene rings is 3. The van der Waals surface area contributed by atoms with Crippen LogP contribution in [-0.4, -0.2) is 5.91 Å². The molecule has 4 rings (SSSR count). The molecular formula is C19H15ClN2O. The van der Waals surface area contributed by atoms with Crippen molar-refractivity contribution in [2.24, 2.45) is 0 Å². The van der Waals surface area contributed by atoms with Crippen LogP contribution in [0, 0.1) is 6.92 Å². The third-order valence-corrected chi connectivity index (χ3v) is 4.46. The summed E-state index contributed by atoms with van der Waals surface area (Å²) in [7, 11) is 0. The molecule has 0 bridgehead atoms. The SMILES string of the molecule is Cc1cc(Cl)cc2c1NC(c1cccc3ccccc13)NC2=O. The van der Waals surface area contributed by atoms with Crippen molar-refractivity contribution in [1.29, 1.82) is 0 Å². The molecule has 0 radical (unpaired) electrons. The molecule has 3 nitrogen and oxygen atoms in total. The first kappa shape index (κ1) is 14.1. The number of amides is 1. The molecule has 0 fully saturated rings. The Hall–Kier alpha value is -2.52. The molecule has 1 atom stereocenters. The van der Waals surface area contributed by atoms with Crippen LogP contribution in [-0.2, 0) is 0 Å². The Bertz CT molecular complexity index is 931. The fourth-order valence-electron chi connectivity index (χ4n) is 3.16. The lowest BCUT2D eigenvalue weighted by atomic mass is 9.98. The van der Waals surface area contributed by atoms with Crippen LogP contribution in [0.2, 0.25) is 5.02 Å². The zero-order valence-corrected chi connectivity index (χ0v) is 13.3. The van der Waals surface area contributed by atoms with Crippen LogP contribution in [0.4, 0.5) is 5.69 Å². The van der Waals surface area contributed by atoms with Gasteiger partial charge in [0.05, 0.1) is 11.3 Å². The van der Waals surface area contributed by atoms with Crippen LogP contribution < -0.4 is 10.6 Å². The first-order valence-electron chi connectivity index (χ1n) is 7.49. The van der Waals surface area contributed by atoms with Crippen LogP contribution in [0.5, 0.6) is 0 Å². The predicted octanol–water partition coefficient (Wildman–Crippen LogP) is 4.66. The smallest absolute Gasteiger partial charge is 0.255 e. The Morgan fingerprint density at radius 1 is 1.00 bits per heavy atom. The molecule has 1 unspecified atom stereocenters. The van der Waals surface area contributed by atoms with Crippen molar-refractivity contribution in [3.05, 3.63) is 76.3 Å². The van der Waals surface area contributed by atoms with E-state index in [0.29, 0.717) is 10.6 Å². The van der Waals surface area contributed by atoms with Gasteiger partial charge in [0, 0.05) is 10.6 Å². The van der Waals surface area contributed by atoms with E-state index in [9.17, 15) is 4.79 Å². The summed E-state index contributed by atoms with van der Waals surface area (Å²) < 4.78 is 0. The first-order chi connectivity index (χ1) is 11.1. The van der Waals surface area contributed by atoms with Crippen molar-refractivity contribution in [2.75, 3.05) is 5.32 Å². The predicted molar refractivity (Wildman–Crippen MR) is 94.0 cm³/mol. The first-order valence-corrected chi connectivity index (χ1v) is 7.86. The van der Waals surface area contributed by atoms with Crippen molar-refractivity contribution >= 4 is 34.0 Å². The minimum Gasteiger partial charge on any atom is -0.361 e. The average Bonchev–Trinajstić information content (AvgIpc) is 2.55. The van der Waals surface area contributed by atoms with E-state index in [1.165, 1.54) is 0 Å². The van der Waals surface area contributed by atoms with Gasteiger partial charge in [-0.25, -0.2) is 0 Å². The van der Waals surface area contributed by atoms with E-state index in [1.807, 2.05) is 37.3 Å². The summed E-state index contributed by atoms with van der Waals surface area (Å²) in [5.74, 6) is -0.109. The lowest BCUT2D eigenvalue weighted by Crippen LogP contribution is -2.38. The number of fused-ring (bicyclic) bond motifs is 2. The molecule has 3 aromatic carbocycles. The Morgan fingerprint density at radius 3 is 2.65 bits per heavy atom. The second-order valence-electron chi connectivity index (χ2n) is 5.76. The number of carbonyl (C=O) groups is 1. The highest BCUT2D eigenvalue weighted by Gasteiger charge is 2.27. The van der Waals surface area contributed by atoms with E-state index in [0.717, 1.165) is 27.6 Å². The Kier molecular flexibility index (Phi) is 3.24. The van der Waals surface area contributed by atoms with Gasteiger partial charge in [0.15, 0.2) is 0 Å². The summed E-state index contributed by atoms with van der Waals surface area (Å²) in [4.78, 5) is 12.5. The summed E-state index contributed by atoms with van der Waals surface area (Å²) in [5.41, 5.74) is 3.45. The summed E-state index contributed by atoms with van der Waals surface area (Å²) in [6.07, 6.45) is -0.263. The normalized spacial score (nSPS) is 16.6. The van der Waals surface area contributed by atoms with E-state index >= 15 is 0 Å². The minimum atomic E-state index is -0.263. The Balaban J connectivity index is 1.84. The van der Waals surface area contributed by atoms with Crippen LogP contribution >= 0.6 is 11.6 Å². The highest BCUT2D eigenvalue weighted by Crippen LogP contribution is 2.34. The summed E-state index contributed by atoms with van der Waals surface area (Å²) in [6.45, 7) is 1.95. The number of nitrogens with one attached hydrogen (secondary N) is 2. The maximum atomic E-state index is 12.5. The number of anilines is 1. The molecule has 1 amide bonds. The fraction of sp³-hybridized carbons (Fsp3) is 0.105. The molecule has 4 heteroatoms. The average molecular weight is 323 g/mol. The second-order valence-corrected chi connectivity index (χ2v) is 6.20. The van der Waals surface area contributed by atoms with Gasteiger partial charge in [0.1, 0.15) is 6.17 Å². The lowest BCUT2D eigenvalue weighted by molar-refractivity contribution is 0.0936. The summed E-state index contributed by atoms with van der Waals surface area (Å²) >= 11 is 6.07. The zero-order chi connectivity index (χ0) is 16.0. The minimum absolute atomic E-state index is 0.109. The molecular weight excluding hydrogens is 308 g/mol. The highest BCUT2D eigenvalue weighted by molar-refractivity contribution is 6.31. The monoisotopic (exact) mass is 322 g/mol. The topological polar surface area (TPSA) is 41.1 Å². The molecule has 0 aliphatic carbocycles. The number of aryl methyl sites for hydroxylation is 1. The Morgan fingerprint density at radius 2 is 1.78 bits per heavy atom. The van der Waals surface area contributed by atoms with Gasteiger partial charge in [-0.15, -0.1) is 0 Å². The number of hydrogen-bond donors (Lipinski definition) is 2. The van der Waals surface area contributed by atoms with Crippen LogP contribution in [0.25, 0.3) is 10.8 Å². The molecule has 1 aliphatic rings. The number of halogens is 1. The maximum Gasteiger partial charge on any atom is 0.255 e. The van der Waals surface area contributed by atoms with E-state index in [2.05, 4.69) is 28.8 Å². The van der Waals surface area contributed by atoms with Crippen LogP contribution in [0.1, 0.15) is 27.7 Å². The van der Waals surface area contributed by atoms with Crippen molar-refractivity contribution < 1.29 is 4.79 Å². The molecule has 0 spiro atoms. The lowest BCUT2D eigenvalue weighted by Gasteiger charge is -2.30. The van der Waals surface area contributed by atoms with Gasteiger partial charge < -0.3 is 10.6 Å². The van der Waals surface area contributed by atoms with E-state index in [4.69, 9.17) is 11.6 Å². The van der Waals surface area contributed by atoms with Crippen molar-refractivity contribution in [3.8, 4) is 0 Å². The molecule has 0 saturated carbocycles. The standard InChI is InChI=1S/C19H15ClN2O/c1-11-9-13(20)10-16-17(11)21-18(22-19(16)23)15-8-4-6-12-5-2-3-7-14(12)15/h2-10,18,21H,1H3,(H,22,23). The molecule has 3 aromatic rings. The van der Waals surface area contributed by atoms with Gasteiger partial charge in [0.25, 0.3) is 5.91 Å². The van der Waals surface area contributed by atoms with Gasteiger partial charge >= 0.3 is 0 Å². The second kappa shape index (κ2) is 5.28. The quantitative estimate of drug-likeness (QED) is 0.684. The van der Waals surface area contributed by atoms with Gasteiger partial charge in [-0.2, -0.15) is 0 Å². The van der Waals surface area contributed by atoms with Crippen molar-refractivity contribution in [1.82, 2.24) is 5.32 Å². The molecule has 23 heavy (non-hydrogen) atoms. The highest BCUT2D eigenvalue weighted by atomic mass is 35.5. The third kappa shape index (κ3) is 2.34. The molecule has 1 aliphatic heterocycles. The van der Waals surface area contributed by atoms with Gasteiger partial charge in [-0.1, -0.05) is 54.1 Å². The Labute approximate surface area is 139 Å². The summed E-state index contributed by atoms with van der Waals surface area (Å²) in [6, 6.07) is 17.9. The molecule has 0 saturated heterocycles. The van der Waals surface area contributed by atoms with E-state index < -0.39 is 0 Å². The number of rotatable bonds is 1. The largest absolute Gasteiger partial charge is 0.361 e. The molecule has 1 heterocycles. The molecule has 2 N–H and O–H groups in total. The van der Waals surface area contributed by atoms with Gasteiger partial charge in [0.2, 0.25) is 0 Å². The maximum absolute atomic E-state index is 12.5. The van der Waals surface area contributed by atoms with Crippen LogP contribution in [0.3, 0.4) is 0 Å².